The molecular weight excluding hydrogens is 242 g/mol. The number of hydrogen-bond acceptors (Lipinski definition) is 5. The van der Waals surface area contributed by atoms with Gasteiger partial charge in [0.15, 0.2) is 0 Å². The third kappa shape index (κ3) is 6.29. The molecule has 0 saturated heterocycles. The molecule has 1 rings (SSSR count). The van der Waals surface area contributed by atoms with Crippen molar-refractivity contribution in [1.29, 1.82) is 0 Å². The molecule has 0 radical (unpaired) electrons. The van der Waals surface area contributed by atoms with Crippen molar-refractivity contribution in [1.82, 2.24) is 4.98 Å². The van der Waals surface area contributed by atoms with Gasteiger partial charge in [-0.05, 0) is 31.9 Å². The Morgan fingerprint density at radius 1 is 1.26 bits per heavy atom. The average molecular weight is 267 g/mol. The van der Waals surface area contributed by atoms with E-state index in [1.165, 1.54) is 0 Å². The van der Waals surface area contributed by atoms with Crippen molar-refractivity contribution in [2.45, 2.75) is 33.8 Å². The van der Waals surface area contributed by atoms with E-state index in [0.29, 0.717) is 30.6 Å². The van der Waals surface area contributed by atoms with Crippen LogP contribution in [-0.2, 0) is 4.74 Å². The van der Waals surface area contributed by atoms with Gasteiger partial charge >= 0.3 is 0 Å². The fraction of sp³-hybridized carbons (Fsp3) is 0.643. The summed E-state index contributed by atoms with van der Waals surface area (Å²) >= 11 is 0. The molecule has 0 amide bonds. The summed E-state index contributed by atoms with van der Waals surface area (Å²) in [6.45, 7) is 10.3. The molecule has 0 spiro atoms. The minimum absolute atomic E-state index is 0.0550. The van der Waals surface area contributed by atoms with E-state index < -0.39 is 0 Å². The predicted molar refractivity (Wildman–Crippen MR) is 78.6 cm³/mol. The highest BCUT2D eigenvalue weighted by Crippen LogP contribution is 2.21. The van der Waals surface area contributed by atoms with Crippen molar-refractivity contribution < 1.29 is 9.47 Å². The number of aromatic nitrogens is 1. The topological polar surface area (TPSA) is 69.4 Å². The Morgan fingerprint density at radius 3 is 2.63 bits per heavy atom. The molecule has 0 saturated carbocycles. The van der Waals surface area contributed by atoms with E-state index in [1.54, 1.807) is 6.07 Å². The number of anilines is 2. The minimum Gasteiger partial charge on any atom is -0.473 e. The van der Waals surface area contributed by atoms with Crippen LogP contribution in [0.5, 0.6) is 5.88 Å². The van der Waals surface area contributed by atoms with Gasteiger partial charge in [0.2, 0.25) is 5.88 Å². The third-order valence-electron chi connectivity index (χ3n) is 2.24. The van der Waals surface area contributed by atoms with Gasteiger partial charge in [-0.1, -0.05) is 13.8 Å². The molecular formula is C14H25N3O2. The van der Waals surface area contributed by atoms with Crippen molar-refractivity contribution in [3.8, 4) is 5.88 Å². The number of hydrogen-bond donors (Lipinski definition) is 2. The van der Waals surface area contributed by atoms with Gasteiger partial charge in [0.1, 0.15) is 5.82 Å². The monoisotopic (exact) mass is 267 g/mol. The maximum Gasteiger partial charge on any atom is 0.239 e. The summed E-state index contributed by atoms with van der Waals surface area (Å²) in [7, 11) is 0. The van der Waals surface area contributed by atoms with Crippen LogP contribution in [0.2, 0.25) is 0 Å². The number of pyridine rings is 1. The van der Waals surface area contributed by atoms with Crippen molar-refractivity contribution in [2.24, 2.45) is 5.92 Å². The Balaban J connectivity index is 2.41. The number of nitrogens with one attached hydrogen (secondary N) is 1. The summed E-state index contributed by atoms with van der Waals surface area (Å²) < 4.78 is 11.0. The Kier molecular flexibility index (Phi) is 6.42. The minimum atomic E-state index is 0.0550. The van der Waals surface area contributed by atoms with Crippen LogP contribution >= 0.6 is 0 Å². The molecule has 5 heteroatoms. The Morgan fingerprint density at radius 2 is 2.00 bits per heavy atom. The normalized spacial score (nSPS) is 11.1. The molecule has 0 fully saturated rings. The van der Waals surface area contributed by atoms with E-state index in [2.05, 4.69) is 24.1 Å². The zero-order valence-corrected chi connectivity index (χ0v) is 12.3. The van der Waals surface area contributed by atoms with Gasteiger partial charge in [-0.3, -0.25) is 0 Å². The number of ether oxygens (including phenoxy) is 2. The number of rotatable bonds is 8. The van der Waals surface area contributed by atoms with Crippen LogP contribution in [0, 0.1) is 5.92 Å². The van der Waals surface area contributed by atoms with Gasteiger partial charge < -0.3 is 20.5 Å². The molecule has 1 aromatic rings. The van der Waals surface area contributed by atoms with E-state index in [1.807, 2.05) is 19.9 Å². The van der Waals surface area contributed by atoms with Crippen LogP contribution in [0.1, 0.15) is 27.7 Å². The van der Waals surface area contributed by atoms with Crippen molar-refractivity contribution >= 4 is 11.5 Å². The molecule has 0 aliphatic carbocycles. The largest absolute Gasteiger partial charge is 0.473 e. The third-order valence-corrected chi connectivity index (χ3v) is 2.24. The Labute approximate surface area is 115 Å². The summed E-state index contributed by atoms with van der Waals surface area (Å²) in [6.07, 6.45) is 0.0550. The van der Waals surface area contributed by atoms with Gasteiger partial charge in [0.25, 0.3) is 0 Å². The number of nitrogens with zero attached hydrogens (tertiary/aromatic N) is 1. The molecule has 19 heavy (non-hydrogen) atoms. The van der Waals surface area contributed by atoms with Crippen LogP contribution in [0.15, 0.2) is 12.1 Å². The standard InChI is InChI=1S/C14H25N3O2/c1-10(2)9-18-8-7-16-13-6-5-12(15)14(17-13)19-11(3)4/h5-6,10-11H,7-9,15H2,1-4H3,(H,16,17). The molecule has 1 aromatic heterocycles. The first-order valence-electron chi connectivity index (χ1n) is 6.73. The van der Waals surface area contributed by atoms with Gasteiger partial charge in [0, 0.05) is 13.2 Å². The molecule has 0 aromatic carbocycles. The smallest absolute Gasteiger partial charge is 0.239 e. The second-order valence-corrected chi connectivity index (χ2v) is 5.15. The van der Waals surface area contributed by atoms with Crippen molar-refractivity contribution in [3.63, 3.8) is 0 Å². The van der Waals surface area contributed by atoms with Crippen LogP contribution in [-0.4, -0.2) is 30.8 Å². The molecule has 5 nitrogen and oxygen atoms in total. The van der Waals surface area contributed by atoms with Gasteiger partial charge in [0.05, 0.1) is 18.4 Å². The first kappa shape index (κ1) is 15.6. The van der Waals surface area contributed by atoms with E-state index in [-0.39, 0.29) is 6.10 Å². The summed E-state index contributed by atoms with van der Waals surface area (Å²) in [5.41, 5.74) is 6.36. The van der Waals surface area contributed by atoms with E-state index in [4.69, 9.17) is 15.2 Å². The lowest BCUT2D eigenvalue weighted by Crippen LogP contribution is -2.14. The second kappa shape index (κ2) is 7.84. The molecule has 0 atom stereocenters. The van der Waals surface area contributed by atoms with Crippen LogP contribution < -0.4 is 15.8 Å². The summed E-state index contributed by atoms with van der Waals surface area (Å²) in [5, 5.41) is 3.19. The first-order chi connectivity index (χ1) is 8.99. The highest BCUT2D eigenvalue weighted by molar-refractivity contribution is 5.53. The van der Waals surface area contributed by atoms with Gasteiger partial charge in [-0.15, -0.1) is 0 Å². The lowest BCUT2D eigenvalue weighted by atomic mass is 10.2. The van der Waals surface area contributed by atoms with Crippen LogP contribution in [0.25, 0.3) is 0 Å². The Bertz CT molecular complexity index is 381. The summed E-state index contributed by atoms with van der Waals surface area (Å²) in [4.78, 5) is 4.33. The first-order valence-corrected chi connectivity index (χ1v) is 6.73. The highest BCUT2D eigenvalue weighted by atomic mass is 16.5. The van der Waals surface area contributed by atoms with Crippen molar-refractivity contribution in [3.05, 3.63) is 12.1 Å². The second-order valence-electron chi connectivity index (χ2n) is 5.15. The van der Waals surface area contributed by atoms with E-state index in [9.17, 15) is 0 Å². The molecule has 0 unspecified atom stereocenters. The van der Waals surface area contributed by atoms with E-state index in [0.717, 1.165) is 12.4 Å². The lowest BCUT2D eigenvalue weighted by Gasteiger charge is -2.13. The number of nitrogen functional groups attached to an aromatic ring is 1. The fourth-order valence-corrected chi connectivity index (χ4v) is 1.44. The zero-order chi connectivity index (χ0) is 14.3. The van der Waals surface area contributed by atoms with E-state index >= 15 is 0 Å². The molecule has 108 valence electrons. The molecule has 0 bridgehead atoms. The lowest BCUT2D eigenvalue weighted by molar-refractivity contribution is 0.118. The molecule has 1 heterocycles. The molecule has 0 aliphatic rings. The highest BCUT2D eigenvalue weighted by Gasteiger charge is 2.06. The SMILES string of the molecule is CC(C)COCCNc1ccc(N)c(OC(C)C)n1. The summed E-state index contributed by atoms with van der Waals surface area (Å²) in [5.74, 6) is 1.78. The fourth-order valence-electron chi connectivity index (χ4n) is 1.44. The molecule has 3 N–H and O–H groups in total. The van der Waals surface area contributed by atoms with Crippen LogP contribution in [0.4, 0.5) is 11.5 Å². The van der Waals surface area contributed by atoms with Gasteiger partial charge in [-0.25, -0.2) is 0 Å². The average Bonchev–Trinajstić information content (AvgIpc) is 2.31. The van der Waals surface area contributed by atoms with Gasteiger partial charge in [-0.2, -0.15) is 4.98 Å². The maximum absolute atomic E-state index is 5.81. The Hall–Kier alpha value is -1.49. The maximum atomic E-state index is 5.81. The molecule has 0 aliphatic heterocycles. The van der Waals surface area contributed by atoms with Crippen LogP contribution in [0.3, 0.4) is 0 Å². The number of nitrogens with two attached hydrogens (primary N) is 1. The predicted octanol–water partition coefficient (Wildman–Crippen LogP) is 2.54. The summed E-state index contributed by atoms with van der Waals surface area (Å²) in [6, 6.07) is 3.63. The quantitative estimate of drug-likeness (QED) is 0.708. The van der Waals surface area contributed by atoms with Crippen molar-refractivity contribution in [2.75, 3.05) is 30.8 Å². The zero-order valence-electron chi connectivity index (χ0n) is 12.3.